The first-order valence-corrected chi connectivity index (χ1v) is 10.1. The molecule has 0 aliphatic rings. The molecule has 152 valence electrons. The van der Waals surface area contributed by atoms with E-state index in [1.165, 1.54) is 0 Å². The van der Waals surface area contributed by atoms with E-state index < -0.39 is 0 Å². The van der Waals surface area contributed by atoms with Crippen LogP contribution >= 0.6 is 23.2 Å². The topological polar surface area (TPSA) is 64.4 Å². The summed E-state index contributed by atoms with van der Waals surface area (Å²) in [6.07, 6.45) is 0. The van der Waals surface area contributed by atoms with Gasteiger partial charge in [0.25, 0.3) is 5.91 Å². The molecular weight excluding hydrogens is 423 g/mol. The fourth-order valence-electron chi connectivity index (χ4n) is 3.02. The van der Waals surface area contributed by atoms with E-state index in [1.807, 2.05) is 32.0 Å². The Morgan fingerprint density at radius 1 is 1.07 bits per heavy atom. The van der Waals surface area contributed by atoms with Crippen LogP contribution in [0.3, 0.4) is 0 Å². The SMILES string of the molecule is CCOc1ccc(C(=O)Nc2cc(-c3nc4ccc(C)cc4o3)ccc2Cl)cc1Cl. The van der Waals surface area contributed by atoms with Crippen molar-refractivity contribution < 1.29 is 13.9 Å². The number of oxazole rings is 1. The zero-order valence-corrected chi connectivity index (χ0v) is 17.8. The largest absolute Gasteiger partial charge is 0.492 e. The van der Waals surface area contributed by atoms with Gasteiger partial charge >= 0.3 is 0 Å². The van der Waals surface area contributed by atoms with Gasteiger partial charge in [-0.3, -0.25) is 4.79 Å². The molecule has 0 atom stereocenters. The number of anilines is 1. The molecule has 4 aromatic rings. The molecule has 1 heterocycles. The van der Waals surface area contributed by atoms with Crippen LogP contribution in [0.5, 0.6) is 5.75 Å². The lowest BCUT2D eigenvalue weighted by molar-refractivity contribution is 0.102. The molecule has 7 heteroatoms. The number of nitrogens with one attached hydrogen (secondary N) is 1. The number of benzene rings is 3. The fourth-order valence-corrected chi connectivity index (χ4v) is 3.42. The van der Waals surface area contributed by atoms with Crippen LogP contribution in [0, 0.1) is 6.92 Å². The summed E-state index contributed by atoms with van der Waals surface area (Å²) in [7, 11) is 0. The molecule has 1 aromatic heterocycles. The maximum absolute atomic E-state index is 12.7. The summed E-state index contributed by atoms with van der Waals surface area (Å²) in [6.45, 7) is 4.34. The average molecular weight is 441 g/mol. The van der Waals surface area contributed by atoms with Gasteiger partial charge in [0.05, 0.1) is 22.3 Å². The van der Waals surface area contributed by atoms with Crippen molar-refractivity contribution in [3.05, 3.63) is 75.8 Å². The minimum Gasteiger partial charge on any atom is -0.492 e. The molecule has 4 rings (SSSR count). The summed E-state index contributed by atoms with van der Waals surface area (Å²) < 4.78 is 11.3. The van der Waals surface area contributed by atoms with E-state index in [4.69, 9.17) is 32.4 Å². The van der Waals surface area contributed by atoms with Gasteiger partial charge in [-0.05, 0) is 67.9 Å². The number of amides is 1. The second-order valence-corrected chi connectivity index (χ2v) is 7.53. The van der Waals surface area contributed by atoms with Crippen LogP contribution in [-0.4, -0.2) is 17.5 Å². The molecule has 0 bridgehead atoms. The van der Waals surface area contributed by atoms with Gasteiger partial charge in [0.2, 0.25) is 5.89 Å². The number of hydrogen-bond donors (Lipinski definition) is 1. The summed E-state index contributed by atoms with van der Waals surface area (Å²) in [4.78, 5) is 17.2. The fraction of sp³-hybridized carbons (Fsp3) is 0.130. The van der Waals surface area contributed by atoms with Gasteiger partial charge in [-0.2, -0.15) is 0 Å². The summed E-state index contributed by atoms with van der Waals surface area (Å²) in [5.41, 5.74) is 4.09. The number of hydrogen-bond acceptors (Lipinski definition) is 4. The monoisotopic (exact) mass is 440 g/mol. The van der Waals surface area contributed by atoms with E-state index in [-0.39, 0.29) is 5.91 Å². The Balaban J connectivity index is 1.61. The van der Waals surface area contributed by atoms with Gasteiger partial charge in [-0.1, -0.05) is 29.3 Å². The zero-order chi connectivity index (χ0) is 21.3. The minimum atomic E-state index is -0.341. The highest BCUT2D eigenvalue weighted by Crippen LogP contribution is 2.31. The zero-order valence-electron chi connectivity index (χ0n) is 16.3. The average Bonchev–Trinajstić information content (AvgIpc) is 3.14. The smallest absolute Gasteiger partial charge is 0.255 e. The second kappa shape index (κ2) is 8.38. The lowest BCUT2D eigenvalue weighted by Crippen LogP contribution is -2.12. The Hall–Kier alpha value is -3.02. The molecular formula is C23H18Cl2N2O3. The number of aromatic nitrogens is 1. The summed E-state index contributed by atoms with van der Waals surface area (Å²) in [5, 5.41) is 3.58. The van der Waals surface area contributed by atoms with Gasteiger partial charge < -0.3 is 14.5 Å². The van der Waals surface area contributed by atoms with E-state index in [0.717, 1.165) is 11.1 Å². The Morgan fingerprint density at radius 2 is 1.90 bits per heavy atom. The van der Waals surface area contributed by atoms with E-state index in [9.17, 15) is 4.79 Å². The first-order chi connectivity index (χ1) is 14.4. The molecule has 1 amide bonds. The van der Waals surface area contributed by atoms with Crippen LogP contribution < -0.4 is 10.1 Å². The van der Waals surface area contributed by atoms with Crippen molar-refractivity contribution in [3.8, 4) is 17.2 Å². The number of rotatable bonds is 5. The van der Waals surface area contributed by atoms with Crippen molar-refractivity contribution >= 4 is 45.9 Å². The molecule has 0 radical (unpaired) electrons. The third-order valence-electron chi connectivity index (χ3n) is 4.50. The lowest BCUT2D eigenvalue weighted by atomic mass is 10.1. The quantitative estimate of drug-likeness (QED) is 0.372. The predicted octanol–water partition coefficient (Wildman–Crippen LogP) is 6.76. The van der Waals surface area contributed by atoms with Crippen molar-refractivity contribution in [2.24, 2.45) is 0 Å². The van der Waals surface area contributed by atoms with Crippen molar-refractivity contribution in [1.29, 1.82) is 0 Å². The molecule has 5 nitrogen and oxygen atoms in total. The molecule has 0 unspecified atom stereocenters. The van der Waals surface area contributed by atoms with Crippen molar-refractivity contribution in [1.82, 2.24) is 4.98 Å². The van der Waals surface area contributed by atoms with Crippen LogP contribution in [0.15, 0.2) is 59.0 Å². The van der Waals surface area contributed by atoms with E-state index in [1.54, 1.807) is 36.4 Å². The molecule has 0 saturated heterocycles. The minimum absolute atomic E-state index is 0.341. The van der Waals surface area contributed by atoms with Gasteiger partial charge in [0, 0.05) is 11.1 Å². The number of nitrogens with zero attached hydrogens (tertiary/aromatic N) is 1. The summed E-state index contributed by atoms with van der Waals surface area (Å²) >= 11 is 12.5. The molecule has 0 aliphatic carbocycles. The van der Waals surface area contributed by atoms with Crippen molar-refractivity contribution in [2.45, 2.75) is 13.8 Å². The van der Waals surface area contributed by atoms with Gasteiger partial charge in [-0.25, -0.2) is 4.98 Å². The highest BCUT2D eigenvalue weighted by atomic mass is 35.5. The van der Waals surface area contributed by atoms with Crippen LogP contribution in [0.2, 0.25) is 10.0 Å². The summed E-state index contributed by atoms with van der Waals surface area (Å²) in [5.74, 6) is 0.640. The molecule has 0 saturated carbocycles. The Bertz CT molecular complexity index is 1250. The van der Waals surface area contributed by atoms with Crippen LogP contribution in [0.1, 0.15) is 22.8 Å². The lowest BCUT2D eigenvalue weighted by Gasteiger charge is -2.10. The molecule has 0 spiro atoms. The first-order valence-electron chi connectivity index (χ1n) is 9.35. The highest BCUT2D eigenvalue weighted by molar-refractivity contribution is 6.34. The Morgan fingerprint density at radius 3 is 2.67 bits per heavy atom. The Kier molecular flexibility index (Phi) is 5.66. The third kappa shape index (κ3) is 4.13. The second-order valence-electron chi connectivity index (χ2n) is 6.72. The van der Waals surface area contributed by atoms with Crippen molar-refractivity contribution in [2.75, 3.05) is 11.9 Å². The first kappa shape index (κ1) is 20.3. The standard InChI is InChI=1S/C23H18Cl2N2O3/c1-3-29-20-9-6-14(11-17(20)25)22(28)26-19-12-15(5-7-16(19)24)23-27-18-8-4-13(2)10-21(18)30-23/h4-12H,3H2,1-2H3,(H,26,28). The number of carbonyl (C=O) groups excluding carboxylic acids is 1. The molecule has 30 heavy (non-hydrogen) atoms. The van der Waals surface area contributed by atoms with Gasteiger partial charge in [0.1, 0.15) is 11.3 Å². The number of ether oxygens (including phenoxy) is 1. The maximum Gasteiger partial charge on any atom is 0.255 e. The predicted molar refractivity (Wildman–Crippen MR) is 120 cm³/mol. The number of aryl methyl sites for hydroxylation is 1. The normalized spacial score (nSPS) is 10.9. The van der Waals surface area contributed by atoms with Crippen LogP contribution in [0.25, 0.3) is 22.6 Å². The number of carbonyl (C=O) groups is 1. The van der Waals surface area contributed by atoms with Gasteiger partial charge in [0.15, 0.2) is 5.58 Å². The molecule has 1 N–H and O–H groups in total. The number of fused-ring (bicyclic) bond motifs is 1. The van der Waals surface area contributed by atoms with Crippen LogP contribution in [-0.2, 0) is 0 Å². The van der Waals surface area contributed by atoms with E-state index in [2.05, 4.69) is 10.3 Å². The van der Waals surface area contributed by atoms with Gasteiger partial charge in [-0.15, -0.1) is 0 Å². The molecule has 0 fully saturated rings. The highest BCUT2D eigenvalue weighted by Gasteiger charge is 2.14. The van der Waals surface area contributed by atoms with E-state index >= 15 is 0 Å². The summed E-state index contributed by atoms with van der Waals surface area (Å²) in [6, 6.07) is 15.9. The maximum atomic E-state index is 12.7. The molecule has 3 aromatic carbocycles. The Labute approximate surface area is 183 Å². The third-order valence-corrected chi connectivity index (χ3v) is 5.12. The van der Waals surface area contributed by atoms with Crippen molar-refractivity contribution in [3.63, 3.8) is 0 Å². The number of halogens is 2. The van der Waals surface area contributed by atoms with Crippen LogP contribution in [0.4, 0.5) is 5.69 Å². The van der Waals surface area contributed by atoms with E-state index in [0.29, 0.717) is 50.7 Å². The molecule has 0 aliphatic heterocycles.